The van der Waals surface area contributed by atoms with Crippen LogP contribution in [-0.4, -0.2) is 16.1 Å². The predicted molar refractivity (Wildman–Crippen MR) is 98.8 cm³/mol. The molecule has 0 saturated carbocycles. The zero-order valence-electron chi connectivity index (χ0n) is 12.6. The van der Waals surface area contributed by atoms with E-state index in [4.69, 9.17) is 0 Å². The Morgan fingerprint density at radius 1 is 1.17 bits per heavy atom. The zero-order valence-corrected chi connectivity index (χ0v) is 13.4. The second-order valence-electron chi connectivity index (χ2n) is 5.57. The molecule has 1 aliphatic carbocycles. The van der Waals surface area contributed by atoms with Crippen molar-refractivity contribution in [2.24, 2.45) is 0 Å². The Hall–Kier alpha value is -2.53. The van der Waals surface area contributed by atoms with Crippen LogP contribution in [0.3, 0.4) is 0 Å². The molecule has 1 N–H and O–H groups in total. The third-order valence-corrected chi connectivity index (χ3v) is 4.85. The topological polar surface area (TPSA) is 59.1 Å². The lowest BCUT2D eigenvalue weighted by Crippen LogP contribution is -2.17. The lowest BCUT2D eigenvalue weighted by molar-refractivity contribution is -0.116. The summed E-state index contributed by atoms with van der Waals surface area (Å²) < 4.78 is 5.55. The standard InChI is InChI=1S/C18H14N2O2S.CH4/c1-2-5-14(21)19-12-8-3-6-10-15(12)18(22)11-7-4-9-13-16(11)17(10)20-23-13;/h3-4,6-9H,2,5H2,1H3,(H,19,21);1H4. The van der Waals surface area contributed by atoms with Gasteiger partial charge in [-0.3, -0.25) is 9.59 Å². The summed E-state index contributed by atoms with van der Waals surface area (Å²) in [5, 5.41) is 3.80. The van der Waals surface area contributed by atoms with E-state index in [1.165, 1.54) is 11.5 Å². The van der Waals surface area contributed by atoms with Gasteiger partial charge in [-0.15, -0.1) is 0 Å². The number of hydrogen-bond acceptors (Lipinski definition) is 4. The number of nitrogens with zero attached hydrogens (tertiary/aromatic N) is 1. The molecule has 0 aliphatic heterocycles. The van der Waals surface area contributed by atoms with Crippen LogP contribution in [0.4, 0.5) is 5.69 Å². The van der Waals surface area contributed by atoms with Gasteiger partial charge in [-0.25, -0.2) is 0 Å². The van der Waals surface area contributed by atoms with Crippen LogP contribution in [0.5, 0.6) is 0 Å². The molecule has 3 aromatic rings. The molecule has 0 atom stereocenters. The number of ketones is 1. The number of rotatable bonds is 3. The molecule has 1 aliphatic rings. The molecule has 5 heteroatoms. The first-order chi connectivity index (χ1) is 11.2. The number of benzene rings is 2. The number of anilines is 1. The van der Waals surface area contributed by atoms with Crippen LogP contribution in [0.2, 0.25) is 0 Å². The highest BCUT2D eigenvalue weighted by Gasteiger charge is 2.29. The Morgan fingerprint density at radius 3 is 2.71 bits per heavy atom. The second-order valence-corrected chi connectivity index (χ2v) is 6.37. The molecule has 0 radical (unpaired) electrons. The van der Waals surface area contributed by atoms with E-state index in [0.717, 1.165) is 27.8 Å². The van der Waals surface area contributed by atoms with Crippen molar-refractivity contribution in [3.05, 3.63) is 47.5 Å². The molecule has 24 heavy (non-hydrogen) atoms. The first-order valence-corrected chi connectivity index (χ1v) is 8.34. The molecule has 1 aromatic heterocycles. The smallest absolute Gasteiger partial charge is 0.224 e. The number of carbonyl (C=O) groups is 2. The number of nitrogens with one attached hydrogen (secondary N) is 1. The molecule has 0 unspecified atom stereocenters. The van der Waals surface area contributed by atoms with Crippen molar-refractivity contribution in [2.75, 3.05) is 5.32 Å². The van der Waals surface area contributed by atoms with Crippen LogP contribution < -0.4 is 5.32 Å². The predicted octanol–water partition coefficient (Wildman–Crippen LogP) is 4.88. The molecule has 2 aromatic carbocycles. The summed E-state index contributed by atoms with van der Waals surface area (Å²) >= 11 is 1.40. The zero-order chi connectivity index (χ0) is 16.0. The van der Waals surface area contributed by atoms with Gasteiger partial charge in [0.05, 0.1) is 21.6 Å². The summed E-state index contributed by atoms with van der Waals surface area (Å²) in [7, 11) is 0. The highest BCUT2D eigenvalue weighted by Crippen LogP contribution is 2.42. The van der Waals surface area contributed by atoms with Gasteiger partial charge in [0.15, 0.2) is 5.78 Å². The van der Waals surface area contributed by atoms with Gasteiger partial charge in [0.25, 0.3) is 0 Å². The van der Waals surface area contributed by atoms with Crippen LogP contribution in [0, 0.1) is 0 Å². The molecular formula is C19H18N2O2S. The Labute approximate surface area is 144 Å². The van der Waals surface area contributed by atoms with Gasteiger partial charge in [0.1, 0.15) is 0 Å². The maximum atomic E-state index is 13.0. The Morgan fingerprint density at radius 2 is 1.92 bits per heavy atom. The molecular weight excluding hydrogens is 320 g/mol. The third kappa shape index (κ3) is 2.32. The van der Waals surface area contributed by atoms with E-state index in [1.54, 1.807) is 6.07 Å². The van der Waals surface area contributed by atoms with Crippen LogP contribution >= 0.6 is 11.5 Å². The lowest BCUT2D eigenvalue weighted by Gasteiger charge is -2.18. The summed E-state index contributed by atoms with van der Waals surface area (Å²) in [4.78, 5) is 24.9. The number of carbonyl (C=O) groups excluding carboxylic acids is 2. The quantitative estimate of drug-likeness (QED) is 0.579. The van der Waals surface area contributed by atoms with E-state index >= 15 is 0 Å². The van der Waals surface area contributed by atoms with E-state index < -0.39 is 0 Å². The highest BCUT2D eigenvalue weighted by molar-refractivity contribution is 7.13. The average Bonchev–Trinajstić information content (AvgIpc) is 2.98. The molecule has 1 amide bonds. The maximum absolute atomic E-state index is 13.0. The van der Waals surface area contributed by atoms with Gasteiger partial charge in [-0.2, -0.15) is 4.37 Å². The minimum Gasteiger partial charge on any atom is -0.325 e. The normalized spacial score (nSPS) is 11.8. The largest absolute Gasteiger partial charge is 0.325 e. The minimum absolute atomic E-state index is 0. The van der Waals surface area contributed by atoms with E-state index in [0.29, 0.717) is 23.2 Å². The summed E-state index contributed by atoms with van der Waals surface area (Å²) in [5.41, 5.74) is 3.41. The van der Waals surface area contributed by atoms with Crippen LogP contribution in [0.15, 0.2) is 36.4 Å². The number of amides is 1. The van der Waals surface area contributed by atoms with E-state index in [2.05, 4.69) is 9.69 Å². The molecule has 1 heterocycles. The van der Waals surface area contributed by atoms with Gasteiger partial charge in [-0.1, -0.05) is 38.6 Å². The Balaban J connectivity index is 0.00000169. The molecule has 0 bridgehead atoms. The SMILES string of the molecule is C.CCCC(=O)Nc1cccc2c1C(=O)c1cccc3snc-2c13. The fraction of sp³-hybridized carbons (Fsp3) is 0.211. The van der Waals surface area contributed by atoms with Crippen molar-refractivity contribution in [2.45, 2.75) is 27.2 Å². The Kier molecular flexibility index (Phi) is 4.20. The van der Waals surface area contributed by atoms with Crippen molar-refractivity contribution in [3.63, 3.8) is 0 Å². The maximum Gasteiger partial charge on any atom is 0.224 e. The molecule has 0 fully saturated rings. The Bertz CT molecular complexity index is 959. The first kappa shape index (κ1) is 16.3. The average molecular weight is 338 g/mol. The number of fused-ring (bicyclic) bond motifs is 2. The van der Waals surface area contributed by atoms with Gasteiger partial charge >= 0.3 is 0 Å². The molecule has 0 saturated heterocycles. The van der Waals surface area contributed by atoms with Crippen molar-refractivity contribution in [3.8, 4) is 11.3 Å². The van der Waals surface area contributed by atoms with Crippen LogP contribution in [0.25, 0.3) is 21.3 Å². The number of hydrogen-bond donors (Lipinski definition) is 1. The highest BCUT2D eigenvalue weighted by atomic mass is 32.1. The third-order valence-electron chi connectivity index (χ3n) is 4.04. The molecule has 0 spiro atoms. The van der Waals surface area contributed by atoms with Crippen molar-refractivity contribution in [1.82, 2.24) is 4.37 Å². The monoisotopic (exact) mass is 338 g/mol. The van der Waals surface area contributed by atoms with Gasteiger partial charge in [0.2, 0.25) is 5.91 Å². The van der Waals surface area contributed by atoms with Crippen molar-refractivity contribution in [1.29, 1.82) is 0 Å². The van der Waals surface area contributed by atoms with Crippen molar-refractivity contribution >= 4 is 39.0 Å². The summed E-state index contributed by atoms with van der Waals surface area (Å²) in [6.45, 7) is 1.95. The number of aromatic nitrogens is 1. The van der Waals surface area contributed by atoms with E-state index in [-0.39, 0.29) is 19.1 Å². The fourth-order valence-electron chi connectivity index (χ4n) is 3.04. The second kappa shape index (κ2) is 6.17. The van der Waals surface area contributed by atoms with Gasteiger partial charge in [0, 0.05) is 22.9 Å². The molecule has 4 rings (SSSR count). The molecule has 4 nitrogen and oxygen atoms in total. The van der Waals surface area contributed by atoms with Gasteiger partial charge in [-0.05, 0) is 30.1 Å². The first-order valence-electron chi connectivity index (χ1n) is 7.57. The van der Waals surface area contributed by atoms with E-state index in [1.807, 2.05) is 37.3 Å². The fourth-order valence-corrected chi connectivity index (χ4v) is 3.85. The lowest BCUT2D eigenvalue weighted by atomic mass is 9.86. The molecule has 122 valence electrons. The van der Waals surface area contributed by atoms with Crippen molar-refractivity contribution < 1.29 is 9.59 Å². The van der Waals surface area contributed by atoms with Crippen LogP contribution in [0.1, 0.15) is 43.1 Å². The summed E-state index contributed by atoms with van der Waals surface area (Å²) in [6.07, 6.45) is 1.21. The minimum atomic E-state index is -0.0732. The van der Waals surface area contributed by atoms with Crippen LogP contribution in [-0.2, 0) is 4.79 Å². The summed E-state index contributed by atoms with van der Waals surface area (Å²) in [6, 6.07) is 11.2. The van der Waals surface area contributed by atoms with Gasteiger partial charge < -0.3 is 5.32 Å². The van der Waals surface area contributed by atoms with E-state index in [9.17, 15) is 9.59 Å². The summed E-state index contributed by atoms with van der Waals surface area (Å²) in [5.74, 6) is -0.123.